The molecule has 8 heteroatoms. The predicted octanol–water partition coefficient (Wildman–Crippen LogP) is 0.475. The van der Waals surface area contributed by atoms with Crippen molar-refractivity contribution >= 4 is 10.0 Å². The molecule has 0 aromatic heterocycles. The molecule has 1 aromatic rings. The Labute approximate surface area is 110 Å². The first-order valence-corrected chi connectivity index (χ1v) is 7.26. The van der Waals surface area contributed by atoms with E-state index < -0.39 is 21.7 Å². The van der Waals surface area contributed by atoms with Crippen LogP contribution in [0.15, 0.2) is 12.1 Å². The maximum atomic E-state index is 13.5. The van der Waals surface area contributed by atoms with Crippen LogP contribution in [0.2, 0.25) is 0 Å². The van der Waals surface area contributed by atoms with Crippen LogP contribution >= 0.6 is 0 Å². The van der Waals surface area contributed by atoms with Crippen LogP contribution < -0.4 is 10.0 Å². The summed E-state index contributed by atoms with van der Waals surface area (Å²) >= 11 is 0. The summed E-state index contributed by atoms with van der Waals surface area (Å²) in [5.74, 6) is -1.61. The van der Waals surface area contributed by atoms with Gasteiger partial charge in [0.15, 0.2) is 0 Å². The fourth-order valence-corrected chi connectivity index (χ4v) is 1.85. The standard InChI is InChI=1S/C11H13F2N3O2S/c1-19(17,18)16-3-2-15-7-9-10(12)4-8(6-14)5-11(9)13/h4-5,15-16H,2-3,7H2,1H3. The lowest BCUT2D eigenvalue weighted by molar-refractivity contribution is 0.533. The van der Waals surface area contributed by atoms with Crippen LogP contribution in [0.1, 0.15) is 11.1 Å². The molecule has 19 heavy (non-hydrogen) atoms. The van der Waals surface area contributed by atoms with Crippen molar-refractivity contribution in [2.75, 3.05) is 19.3 Å². The molecule has 5 nitrogen and oxygen atoms in total. The second kappa shape index (κ2) is 6.56. The van der Waals surface area contributed by atoms with Gasteiger partial charge in [-0.1, -0.05) is 0 Å². The molecule has 1 rings (SSSR count). The van der Waals surface area contributed by atoms with Crippen molar-refractivity contribution in [1.29, 1.82) is 5.26 Å². The summed E-state index contributed by atoms with van der Waals surface area (Å²) in [6.07, 6.45) is 1.02. The molecule has 0 aliphatic rings. The molecule has 0 heterocycles. The third-order valence-electron chi connectivity index (χ3n) is 2.24. The summed E-state index contributed by atoms with van der Waals surface area (Å²) in [6.45, 7) is 0.263. The van der Waals surface area contributed by atoms with E-state index >= 15 is 0 Å². The molecular formula is C11H13F2N3O2S. The Morgan fingerprint density at radius 3 is 2.32 bits per heavy atom. The molecule has 0 saturated carbocycles. The molecule has 0 fully saturated rings. The number of nitriles is 1. The Kier molecular flexibility index (Phi) is 5.35. The van der Waals surface area contributed by atoms with E-state index in [4.69, 9.17) is 5.26 Å². The predicted molar refractivity (Wildman–Crippen MR) is 65.6 cm³/mol. The normalized spacial score (nSPS) is 11.3. The van der Waals surface area contributed by atoms with Crippen LogP contribution in [-0.4, -0.2) is 27.8 Å². The van der Waals surface area contributed by atoms with Crippen LogP contribution in [0.3, 0.4) is 0 Å². The van der Waals surface area contributed by atoms with Gasteiger partial charge in [-0.15, -0.1) is 0 Å². The van der Waals surface area contributed by atoms with Crippen LogP contribution in [-0.2, 0) is 16.6 Å². The van der Waals surface area contributed by atoms with Gasteiger partial charge in [-0.25, -0.2) is 21.9 Å². The van der Waals surface area contributed by atoms with Crippen molar-refractivity contribution in [3.8, 4) is 6.07 Å². The quantitative estimate of drug-likeness (QED) is 0.746. The molecule has 0 aliphatic heterocycles. The Bertz CT molecular complexity index is 573. The van der Waals surface area contributed by atoms with Gasteiger partial charge in [0.2, 0.25) is 10.0 Å². The molecule has 0 unspecified atom stereocenters. The molecule has 0 saturated heterocycles. The van der Waals surface area contributed by atoms with Crippen LogP contribution in [0, 0.1) is 23.0 Å². The lowest BCUT2D eigenvalue weighted by Crippen LogP contribution is -2.31. The average molecular weight is 289 g/mol. The van der Waals surface area contributed by atoms with E-state index in [0.717, 1.165) is 18.4 Å². The van der Waals surface area contributed by atoms with Gasteiger partial charge in [0.1, 0.15) is 11.6 Å². The van der Waals surface area contributed by atoms with Crippen molar-refractivity contribution in [2.24, 2.45) is 0 Å². The minimum Gasteiger partial charge on any atom is -0.311 e. The van der Waals surface area contributed by atoms with Crippen LogP contribution in [0.25, 0.3) is 0 Å². The maximum Gasteiger partial charge on any atom is 0.208 e. The first kappa shape index (κ1) is 15.5. The zero-order valence-corrected chi connectivity index (χ0v) is 11.0. The minimum atomic E-state index is -3.27. The number of sulfonamides is 1. The van der Waals surface area contributed by atoms with Gasteiger partial charge in [-0.3, -0.25) is 0 Å². The van der Waals surface area contributed by atoms with Crippen molar-refractivity contribution in [2.45, 2.75) is 6.54 Å². The number of benzene rings is 1. The van der Waals surface area contributed by atoms with E-state index in [2.05, 4.69) is 10.0 Å². The number of hydrogen-bond donors (Lipinski definition) is 2. The van der Waals surface area contributed by atoms with E-state index in [-0.39, 0.29) is 30.8 Å². The number of rotatable bonds is 6. The van der Waals surface area contributed by atoms with Gasteiger partial charge in [0.05, 0.1) is 17.9 Å². The molecule has 2 N–H and O–H groups in total. The summed E-state index contributed by atoms with van der Waals surface area (Å²) in [7, 11) is -3.27. The molecule has 0 bridgehead atoms. The Balaban J connectivity index is 2.53. The fourth-order valence-electron chi connectivity index (χ4n) is 1.37. The summed E-state index contributed by atoms with van der Waals surface area (Å²) in [6, 6.07) is 3.56. The fraction of sp³-hybridized carbons (Fsp3) is 0.364. The van der Waals surface area contributed by atoms with Crippen LogP contribution in [0.4, 0.5) is 8.78 Å². The zero-order chi connectivity index (χ0) is 14.5. The van der Waals surface area contributed by atoms with E-state index in [0.29, 0.717) is 0 Å². The highest BCUT2D eigenvalue weighted by molar-refractivity contribution is 7.88. The lowest BCUT2D eigenvalue weighted by Gasteiger charge is -2.08. The number of hydrogen-bond acceptors (Lipinski definition) is 4. The van der Waals surface area contributed by atoms with Crippen molar-refractivity contribution in [3.05, 3.63) is 34.9 Å². The summed E-state index contributed by atoms with van der Waals surface area (Å²) < 4.78 is 50.6. The largest absolute Gasteiger partial charge is 0.311 e. The smallest absolute Gasteiger partial charge is 0.208 e. The van der Waals surface area contributed by atoms with Gasteiger partial charge in [-0.05, 0) is 12.1 Å². The highest BCUT2D eigenvalue weighted by atomic mass is 32.2. The molecule has 1 aromatic carbocycles. The first-order valence-electron chi connectivity index (χ1n) is 5.37. The zero-order valence-electron chi connectivity index (χ0n) is 10.2. The van der Waals surface area contributed by atoms with Crippen LogP contribution in [0.5, 0.6) is 0 Å². The van der Waals surface area contributed by atoms with Crippen molar-refractivity contribution in [3.63, 3.8) is 0 Å². The second-order valence-corrected chi connectivity index (χ2v) is 5.71. The van der Waals surface area contributed by atoms with Gasteiger partial charge in [0, 0.05) is 25.2 Å². The molecule has 0 aliphatic carbocycles. The SMILES string of the molecule is CS(=O)(=O)NCCNCc1c(F)cc(C#N)cc1F. The number of nitrogens with zero attached hydrogens (tertiary/aromatic N) is 1. The number of halogens is 2. The Hall–Kier alpha value is -1.56. The van der Waals surface area contributed by atoms with Crippen molar-refractivity contribution < 1.29 is 17.2 Å². The Morgan fingerprint density at radius 2 is 1.84 bits per heavy atom. The molecule has 0 atom stereocenters. The van der Waals surface area contributed by atoms with E-state index in [1.165, 1.54) is 0 Å². The van der Waals surface area contributed by atoms with E-state index in [1.807, 2.05) is 0 Å². The third-order valence-corrected chi connectivity index (χ3v) is 2.97. The van der Waals surface area contributed by atoms with Gasteiger partial charge in [-0.2, -0.15) is 5.26 Å². The van der Waals surface area contributed by atoms with Gasteiger partial charge >= 0.3 is 0 Å². The Morgan fingerprint density at radius 1 is 1.26 bits per heavy atom. The maximum absolute atomic E-state index is 13.5. The van der Waals surface area contributed by atoms with Gasteiger partial charge in [0.25, 0.3) is 0 Å². The molecule has 0 spiro atoms. The van der Waals surface area contributed by atoms with E-state index in [1.54, 1.807) is 6.07 Å². The summed E-state index contributed by atoms with van der Waals surface area (Å²) in [5, 5.41) is 11.2. The minimum absolute atomic E-state index is 0.0857. The highest BCUT2D eigenvalue weighted by Crippen LogP contribution is 2.14. The highest BCUT2D eigenvalue weighted by Gasteiger charge is 2.10. The average Bonchev–Trinajstić information content (AvgIpc) is 2.30. The van der Waals surface area contributed by atoms with Gasteiger partial charge < -0.3 is 5.32 Å². The topological polar surface area (TPSA) is 82.0 Å². The molecule has 0 radical (unpaired) electrons. The third kappa shape index (κ3) is 5.30. The van der Waals surface area contributed by atoms with E-state index in [9.17, 15) is 17.2 Å². The second-order valence-electron chi connectivity index (χ2n) is 3.87. The summed E-state index contributed by atoms with van der Waals surface area (Å²) in [5.41, 5.74) is -0.268. The lowest BCUT2D eigenvalue weighted by atomic mass is 10.1. The number of nitrogens with one attached hydrogen (secondary N) is 2. The molecule has 104 valence electrons. The first-order chi connectivity index (χ1) is 8.83. The molecular weight excluding hydrogens is 276 g/mol. The summed E-state index contributed by atoms with van der Waals surface area (Å²) in [4.78, 5) is 0. The molecule has 0 amide bonds. The van der Waals surface area contributed by atoms with Crippen molar-refractivity contribution in [1.82, 2.24) is 10.0 Å². The monoisotopic (exact) mass is 289 g/mol.